The van der Waals surface area contributed by atoms with Gasteiger partial charge in [-0.25, -0.2) is 4.79 Å². The second-order valence-corrected chi connectivity index (χ2v) is 11.8. The third-order valence-electron chi connectivity index (χ3n) is 6.60. The van der Waals surface area contributed by atoms with Crippen molar-refractivity contribution in [2.24, 2.45) is 5.41 Å². The van der Waals surface area contributed by atoms with E-state index in [1.54, 1.807) is 11.1 Å². The summed E-state index contributed by atoms with van der Waals surface area (Å²) in [6.07, 6.45) is 5.13. The molecule has 2 aromatic carbocycles. The van der Waals surface area contributed by atoms with Gasteiger partial charge in [0.1, 0.15) is 0 Å². The molecule has 1 saturated heterocycles. The van der Waals surface area contributed by atoms with Crippen molar-refractivity contribution in [3.63, 3.8) is 0 Å². The van der Waals surface area contributed by atoms with Gasteiger partial charge in [0, 0.05) is 35.8 Å². The highest BCUT2D eigenvalue weighted by Gasteiger charge is 2.25. The zero-order valence-corrected chi connectivity index (χ0v) is 23.4. The molecule has 1 aliphatic rings. The maximum absolute atomic E-state index is 14.0. The van der Waals surface area contributed by atoms with Gasteiger partial charge in [0.15, 0.2) is 0 Å². The summed E-state index contributed by atoms with van der Waals surface area (Å²) < 4.78 is 5.61. The molecule has 0 spiro atoms. The van der Waals surface area contributed by atoms with E-state index in [1.807, 2.05) is 62.4 Å². The first-order valence-corrected chi connectivity index (χ1v) is 13.7. The van der Waals surface area contributed by atoms with E-state index in [9.17, 15) is 9.59 Å². The predicted octanol–water partition coefficient (Wildman–Crippen LogP) is 6.63. The number of likely N-dealkylation sites (tertiary alicyclic amines) is 1. The van der Waals surface area contributed by atoms with Gasteiger partial charge in [0.25, 0.3) is 5.91 Å². The van der Waals surface area contributed by atoms with E-state index in [2.05, 4.69) is 36.7 Å². The molecule has 6 heteroatoms. The second kappa shape index (κ2) is 12.0. The number of esters is 1. The van der Waals surface area contributed by atoms with Crippen molar-refractivity contribution in [1.82, 2.24) is 14.8 Å². The normalized spacial score (nSPS) is 15.2. The number of hydrogen-bond donors (Lipinski definition) is 1. The Balaban J connectivity index is 1.70. The summed E-state index contributed by atoms with van der Waals surface area (Å²) in [5.41, 5.74) is 3.44. The minimum Gasteiger partial charge on any atom is -0.459 e. The molecule has 0 aliphatic carbocycles. The minimum absolute atomic E-state index is 0.133. The Morgan fingerprint density at radius 1 is 1.03 bits per heavy atom. The third-order valence-corrected chi connectivity index (χ3v) is 6.60. The van der Waals surface area contributed by atoms with E-state index in [-0.39, 0.29) is 17.4 Å². The molecule has 1 aromatic heterocycles. The summed E-state index contributed by atoms with van der Waals surface area (Å²) in [5, 5.41) is 0.991. The van der Waals surface area contributed by atoms with Crippen LogP contribution in [0.1, 0.15) is 75.5 Å². The molecule has 1 amide bonds. The van der Waals surface area contributed by atoms with Crippen LogP contribution in [-0.4, -0.2) is 52.4 Å². The highest BCUT2D eigenvalue weighted by atomic mass is 16.5. The van der Waals surface area contributed by atoms with Crippen molar-refractivity contribution in [2.45, 2.75) is 66.5 Å². The van der Waals surface area contributed by atoms with Crippen LogP contribution in [0.4, 0.5) is 0 Å². The highest BCUT2D eigenvalue weighted by Crippen LogP contribution is 2.26. The smallest absolute Gasteiger partial charge is 0.342 e. The molecule has 0 unspecified atom stereocenters. The van der Waals surface area contributed by atoms with Crippen molar-refractivity contribution in [2.75, 3.05) is 19.6 Å². The number of benzene rings is 2. The van der Waals surface area contributed by atoms with Gasteiger partial charge >= 0.3 is 5.97 Å². The molecule has 0 atom stereocenters. The Morgan fingerprint density at radius 2 is 1.76 bits per heavy atom. The molecule has 0 saturated carbocycles. The van der Waals surface area contributed by atoms with Crippen molar-refractivity contribution in [1.29, 1.82) is 0 Å². The molecule has 4 rings (SSSR count). The van der Waals surface area contributed by atoms with Crippen molar-refractivity contribution in [3.8, 4) is 0 Å². The number of amides is 1. The molecule has 3 aromatic rings. The fourth-order valence-electron chi connectivity index (χ4n) is 4.92. The standard InChI is InChI=1S/C32H41N3O3/c1-23(2)38-31(37)27(29-19-25-13-7-8-15-28(25)33-29)21-35(22-32(3,4)5)30(36)26-14-11-12-24(18-26)20-34-16-9-6-10-17-34/h7-8,11-15,18-19,21,23,33H,6,9-10,16-17,20,22H2,1-5H3/b27-21+. The van der Waals surface area contributed by atoms with Crippen LogP contribution in [0.15, 0.2) is 60.8 Å². The van der Waals surface area contributed by atoms with E-state index in [0.717, 1.165) is 36.1 Å². The van der Waals surface area contributed by atoms with Crippen LogP contribution < -0.4 is 0 Å². The van der Waals surface area contributed by atoms with Crippen LogP contribution >= 0.6 is 0 Å². The van der Waals surface area contributed by atoms with E-state index in [4.69, 9.17) is 4.74 Å². The second-order valence-electron chi connectivity index (χ2n) is 11.8. The van der Waals surface area contributed by atoms with Crippen LogP contribution in [0.5, 0.6) is 0 Å². The number of carbonyl (C=O) groups excluding carboxylic acids is 2. The zero-order valence-electron chi connectivity index (χ0n) is 23.4. The maximum Gasteiger partial charge on any atom is 0.342 e. The highest BCUT2D eigenvalue weighted by molar-refractivity contribution is 6.17. The van der Waals surface area contributed by atoms with E-state index in [0.29, 0.717) is 23.4 Å². The topological polar surface area (TPSA) is 65.6 Å². The summed E-state index contributed by atoms with van der Waals surface area (Å²) in [5.74, 6) is -0.594. The van der Waals surface area contributed by atoms with Gasteiger partial charge in [-0.1, -0.05) is 57.5 Å². The minimum atomic E-state index is -0.461. The van der Waals surface area contributed by atoms with Crippen LogP contribution in [-0.2, 0) is 16.1 Å². The van der Waals surface area contributed by atoms with Gasteiger partial charge < -0.3 is 14.6 Å². The number of rotatable bonds is 8. The molecule has 0 bridgehead atoms. The summed E-state index contributed by atoms with van der Waals surface area (Å²) in [7, 11) is 0. The lowest BCUT2D eigenvalue weighted by molar-refractivity contribution is -0.140. The SMILES string of the molecule is CC(C)OC(=O)/C(=C/N(CC(C)(C)C)C(=O)c1cccc(CN2CCCCC2)c1)c1cc2ccccc2[nH]1. The molecule has 2 heterocycles. The van der Waals surface area contributed by atoms with Crippen molar-refractivity contribution in [3.05, 3.63) is 77.6 Å². The number of hydrogen-bond acceptors (Lipinski definition) is 4. The number of para-hydroxylation sites is 1. The first kappa shape index (κ1) is 27.6. The molecule has 6 nitrogen and oxygen atoms in total. The number of H-pyrrole nitrogens is 1. The summed E-state index contributed by atoms with van der Waals surface area (Å²) in [6.45, 7) is 13.4. The fourth-order valence-corrected chi connectivity index (χ4v) is 4.92. The lowest BCUT2D eigenvalue weighted by Gasteiger charge is -2.29. The first-order chi connectivity index (χ1) is 18.1. The van der Waals surface area contributed by atoms with Gasteiger partial charge in [-0.2, -0.15) is 0 Å². The van der Waals surface area contributed by atoms with Gasteiger partial charge in [0.2, 0.25) is 0 Å². The average Bonchev–Trinajstić information content (AvgIpc) is 3.29. The van der Waals surface area contributed by atoms with Crippen LogP contribution in [0, 0.1) is 5.41 Å². The number of nitrogens with one attached hydrogen (secondary N) is 1. The molecule has 38 heavy (non-hydrogen) atoms. The Labute approximate surface area is 226 Å². The number of fused-ring (bicyclic) bond motifs is 1. The number of piperidine rings is 1. The van der Waals surface area contributed by atoms with Crippen LogP contribution in [0.2, 0.25) is 0 Å². The van der Waals surface area contributed by atoms with Gasteiger partial charge in [-0.3, -0.25) is 9.69 Å². The lowest BCUT2D eigenvalue weighted by Crippen LogP contribution is -2.35. The Morgan fingerprint density at radius 3 is 2.45 bits per heavy atom. The number of aromatic amines is 1. The third kappa shape index (κ3) is 7.35. The Kier molecular flexibility index (Phi) is 8.72. The number of aromatic nitrogens is 1. The van der Waals surface area contributed by atoms with Crippen LogP contribution in [0.25, 0.3) is 16.5 Å². The summed E-state index contributed by atoms with van der Waals surface area (Å²) in [6, 6.07) is 17.7. The van der Waals surface area contributed by atoms with E-state index in [1.165, 1.54) is 19.3 Å². The molecular formula is C32H41N3O3. The Bertz CT molecular complexity index is 1260. The first-order valence-electron chi connectivity index (χ1n) is 13.7. The van der Waals surface area contributed by atoms with E-state index >= 15 is 0 Å². The fraction of sp³-hybridized carbons (Fsp3) is 0.438. The summed E-state index contributed by atoms with van der Waals surface area (Å²) in [4.78, 5) is 34.7. The number of nitrogens with zero attached hydrogens (tertiary/aromatic N) is 2. The maximum atomic E-state index is 14.0. The zero-order chi connectivity index (χ0) is 27.3. The van der Waals surface area contributed by atoms with Gasteiger partial charge in [0.05, 0.1) is 17.4 Å². The molecule has 0 radical (unpaired) electrons. The van der Waals surface area contributed by atoms with Gasteiger partial charge in [-0.15, -0.1) is 0 Å². The van der Waals surface area contributed by atoms with E-state index < -0.39 is 5.97 Å². The number of ether oxygens (including phenoxy) is 1. The monoisotopic (exact) mass is 515 g/mol. The molecular weight excluding hydrogens is 474 g/mol. The quantitative estimate of drug-likeness (QED) is 0.270. The molecule has 202 valence electrons. The molecule has 1 N–H and O–H groups in total. The van der Waals surface area contributed by atoms with Crippen molar-refractivity contribution < 1.29 is 14.3 Å². The van der Waals surface area contributed by atoms with Crippen LogP contribution in [0.3, 0.4) is 0 Å². The lowest BCUT2D eigenvalue weighted by atomic mass is 9.95. The predicted molar refractivity (Wildman–Crippen MR) is 154 cm³/mol. The number of carbonyl (C=O) groups is 2. The van der Waals surface area contributed by atoms with Crippen molar-refractivity contribution >= 4 is 28.4 Å². The molecule has 1 fully saturated rings. The molecule has 1 aliphatic heterocycles. The average molecular weight is 516 g/mol. The Hall–Kier alpha value is -3.38. The largest absolute Gasteiger partial charge is 0.459 e. The van der Waals surface area contributed by atoms with Gasteiger partial charge in [-0.05, 0) is 75.0 Å². The summed E-state index contributed by atoms with van der Waals surface area (Å²) >= 11 is 0.